The van der Waals surface area contributed by atoms with E-state index in [1.54, 1.807) is 6.07 Å². The fourth-order valence-electron chi connectivity index (χ4n) is 2.76. The van der Waals surface area contributed by atoms with Crippen LogP contribution in [0.15, 0.2) is 47.4 Å². The van der Waals surface area contributed by atoms with E-state index in [4.69, 9.17) is 0 Å². The fraction of sp³-hybridized carbons (Fsp3) is 0.200. The van der Waals surface area contributed by atoms with Gasteiger partial charge in [-0.25, -0.2) is 0 Å². The Hall–Kier alpha value is -3.13. The van der Waals surface area contributed by atoms with E-state index in [-0.39, 0.29) is 29.3 Å². The molecule has 0 unspecified atom stereocenters. The first-order valence-electron chi connectivity index (χ1n) is 8.54. The molecular formula is C20H17N2O5S-. The number of fused-ring (bicyclic) bond motifs is 1. The molecule has 0 fully saturated rings. The summed E-state index contributed by atoms with van der Waals surface area (Å²) in [6, 6.07) is 12.2. The van der Waals surface area contributed by atoms with Crippen LogP contribution in [0, 0.1) is 6.92 Å². The van der Waals surface area contributed by atoms with Crippen LogP contribution in [0.25, 0.3) is 0 Å². The molecule has 8 heteroatoms. The van der Waals surface area contributed by atoms with Crippen LogP contribution in [0.2, 0.25) is 0 Å². The Morgan fingerprint density at radius 3 is 2.39 bits per heavy atom. The Labute approximate surface area is 165 Å². The predicted molar refractivity (Wildman–Crippen MR) is 102 cm³/mol. The minimum absolute atomic E-state index is 0.146. The van der Waals surface area contributed by atoms with Crippen molar-refractivity contribution in [1.29, 1.82) is 0 Å². The van der Waals surface area contributed by atoms with E-state index in [9.17, 15) is 24.3 Å². The molecule has 1 heterocycles. The average Bonchev–Trinajstić information content (AvgIpc) is 2.89. The highest BCUT2D eigenvalue weighted by Crippen LogP contribution is 2.26. The van der Waals surface area contributed by atoms with Crippen LogP contribution in [0.1, 0.15) is 32.7 Å². The minimum Gasteiger partial charge on any atom is -0.550 e. The molecule has 0 aliphatic carbocycles. The van der Waals surface area contributed by atoms with Crippen molar-refractivity contribution >= 4 is 41.1 Å². The first kappa shape index (κ1) is 19.6. The second-order valence-corrected chi connectivity index (χ2v) is 7.34. The van der Waals surface area contributed by atoms with Crippen LogP contribution in [0.3, 0.4) is 0 Å². The van der Waals surface area contributed by atoms with Gasteiger partial charge in [0.05, 0.1) is 16.9 Å². The van der Waals surface area contributed by atoms with Gasteiger partial charge in [0.25, 0.3) is 11.8 Å². The first-order valence-corrected chi connectivity index (χ1v) is 9.53. The van der Waals surface area contributed by atoms with Crippen molar-refractivity contribution in [1.82, 2.24) is 4.90 Å². The Balaban J connectivity index is 1.63. The maximum atomic E-state index is 12.4. The number of aliphatic carboxylic acids is 1. The van der Waals surface area contributed by atoms with Gasteiger partial charge in [0.2, 0.25) is 5.91 Å². The smallest absolute Gasteiger partial charge is 0.261 e. The number of anilines is 1. The lowest BCUT2D eigenvalue weighted by Crippen LogP contribution is -2.34. The van der Waals surface area contributed by atoms with E-state index in [1.807, 2.05) is 31.2 Å². The average molecular weight is 397 g/mol. The highest BCUT2D eigenvalue weighted by molar-refractivity contribution is 8.00. The largest absolute Gasteiger partial charge is 0.550 e. The molecule has 0 saturated carbocycles. The lowest BCUT2D eigenvalue weighted by Gasteiger charge is -2.13. The van der Waals surface area contributed by atoms with Crippen LogP contribution >= 0.6 is 11.8 Å². The van der Waals surface area contributed by atoms with Gasteiger partial charge in [-0.1, -0.05) is 17.7 Å². The number of nitrogens with one attached hydrogen (secondary N) is 1. The molecule has 28 heavy (non-hydrogen) atoms. The Morgan fingerprint density at radius 1 is 1.04 bits per heavy atom. The van der Waals surface area contributed by atoms with Crippen molar-refractivity contribution in [2.75, 3.05) is 17.6 Å². The first-order chi connectivity index (χ1) is 13.3. The van der Waals surface area contributed by atoms with E-state index in [0.29, 0.717) is 5.69 Å². The van der Waals surface area contributed by atoms with Crippen molar-refractivity contribution < 1.29 is 24.3 Å². The zero-order chi connectivity index (χ0) is 20.3. The molecule has 0 radical (unpaired) electrons. The molecule has 3 amide bonds. The van der Waals surface area contributed by atoms with Crippen molar-refractivity contribution in [3.63, 3.8) is 0 Å². The molecule has 0 bridgehead atoms. The van der Waals surface area contributed by atoms with Gasteiger partial charge < -0.3 is 15.2 Å². The van der Waals surface area contributed by atoms with Gasteiger partial charge in [0, 0.05) is 29.5 Å². The molecule has 2 aromatic carbocycles. The second kappa shape index (κ2) is 8.26. The van der Waals surface area contributed by atoms with Crippen LogP contribution in [-0.2, 0) is 9.59 Å². The zero-order valence-electron chi connectivity index (χ0n) is 15.1. The van der Waals surface area contributed by atoms with E-state index in [2.05, 4.69) is 5.32 Å². The van der Waals surface area contributed by atoms with Crippen LogP contribution in [0.4, 0.5) is 5.69 Å². The van der Waals surface area contributed by atoms with Crippen molar-refractivity contribution in [2.45, 2.75) is 18.2 Å². The molecule has 0 spiro atoms. The summed E-state index contributed by atoms with van der Waals surface area (Å²) in [6.07, 6.45) is -0.425. The Kier molecular flexibility index (Phi) is 5.79. The molecule has 0 aromatic heterocycles. The van der Waals surface area contributed by atoms with E-state index in [0.717, 1.165) is 15.4 Å². The number of benzene rings is 2. The molecule has 7 nitrogen and oxygen atoms in total. The summed E-state index contributed by atoms with van der Waals surface area (Å²) in [5, 5.41) is 13.3. The number of nitrogens with zero attached hydrogens (tertiary/aromatic N) is 1. The number of aryl methyl sites for hydroxylation is 1. The maximum Gasteiger partial charge on any atom is 0.261 e. The number of amides is 3. The summed E-state index contributed by atoms with van der Waals surface area (Å²) < 4.78 is 0. The Morgan fingerprint density at radius 2 is 1.71 bits per heavy atom. The lowest BCUT2D eigenvalue weighted by atomic mass is 10.1. The summed E-state index contributed by atoms with van der Waals surface area (Å²) in [5.74, 6) is -2.50. The topological polar surface area (TPSA) is 107 Å². The molecule has 1 aliphatic rings. The highest BCUT2D eigenvalue weighted by Gasteiger charge is 2.35. The number of carbonyl (C=O) groups excluding carboxylic acids is 4. The van der Waals surface area contributed by atoms with Gasteiger partial charge in [-0.05, 0) is 37.3 Å². The van der Waals surface area contributed by atoms with Crippen LogP contribution in [-0.4, -0.2) is 40.9 Å². The monoisotopic (exact) mass is 397 g/mol. The number of imide groups is 1. The van der Waals surface area contributed by atoms with Crippen molar-refractivity contribution in [2.24, 2.45) is 0 Å². The summed E-state index contributed by atoms with van der Waals surface area (Å²) in [4.78, 5) is 49.2. The maximum absolute atomic E-state index is 12.4. The second-order valence-electron chi connectivity index (χ2n) is 6.29. The molecule has 1 N–H and O–H groups in total. The van der Waals surface area contributed by atoms with E-state index >= 15 is 0 Å². The van der Waals surface area contributed by atoms with Gasteiger partial charge in [-0.3, -0.25) is 19.3 Å². The molecule has 144 valence electrons. The summed E-state index contributed by atoms with van der Waals surface area (Å²) in [6.45, 7) is 1.74. The predicted octanol–water partition coefficient (Wildman–Crippen LogP) is 1.46. The minimum atomic E-state index is -1.34. The quantitative estimate of drug-likeness (QED) is 0.560. The van der Waals surface area contributed by atoms with Crippen molar-refractivity contribution in [3.8, 4) is 0 Å². The number of hydrogen-bond acceptors (Lipinski definition) is 6. The molecule has 0 atom stereocenters. The van der Waals surface area contributed by atoms with E-state index < -0.39 is 24.2 Å². The third-order valence-electron chi connectivity index (χ3n) is 4.18. The van der Waals surface area contributed by atoms with Gasteiger partial charge >= 0.3 is 0 Å². The number of hydrogen-bond donors (Lipinski definition) is 1. The summed E-state index contributed by atoms with van der Waals surface area (Å²) in [5.41, 5.74) is 1.87. The zero-order valence-corrected chi connectivity index (χ0v) is 15.9. The molecule has 0 saturated heterocycles. The number of rotatable bonds is 7. The van der Waals surface area contributed by atoms with Crippen molar-refractivity contribution in [3.05, 3.63) is 59.2 Å². The SMILES string of the molecule is Cc1ccc(SCC(=O)Nc2ccc3c(c2)C(=O)N(CCC(=O)[O-])C3=O)cc1. The van der Waals surface area contributed by atoms with Gasteiger partial charge in [0.1, 0.15) is 0 Å². The fourth-order valence-corrected chi connectivity index (χ4v) is 3.45. The summed E-state index contributed by atoms with van der Waals surface area (Å²) >= 11 is 1.39. The standard InChI is InChI=1S/C20H18N2O5S/c1-12-2-5-14(6-3-12)28-11-17(23)21-13-4-7-15-16(10-13)20(27)22(19(15)26)9-8-18(24)25/h2-7,10H,8-9,11H2,1H3,(H,21,23)(H,24,25)/p-1. The Bertz CT molecular complexity index is 956. The third kappa shape index (κ3) is 4.40. The number of carboxylic acids is 1. The van der Waals surface area contributed by atoms with E-state index in [1.165, 1.54) is 23.9 Å². The normalized spacial score (nSPS) is 12.8. The highest BCUT2D eigenvalue weighted by atomic mass is 32.2. The van der Waals surface area contributed by atoms with Crippen LogP contribution in [0.5, 0.6) is 0 Å². The third-order valence-corrected chi connectivity index (χ3v) is 5.20. The molecule has 3 rings (SSSR count). The number of carboxylic acid groups (broad SMARTS) is 1. The summed E-state index contributed by atoms with van der Waals surface area (Å²) in [7, 11) is 0. The molecule has 1 aliphatic heterocycles. The number of carbonyl (C=O) groups is 4. The lowest BCUT2D eigenvalue weighted by molar-refractivity contribution is -0.305. The number of thioether (sulfide) groups is 1. The van der Waals surface area contributed by atoms with Gasteiger partial charge in [-0.15, -0.1) is 11.8 Å². The van der Waals surface area contributed by atoms with Crippen LogP contribution < -0.4 is 10.4 Å². The molecular weight excluding hydrogens is 380 g/mol. The van der Waals surface area contributed by atoms with Gasteiger partial charge in [0.15, 0.2) is 0 Å². The molecule has 2 aromatic rings. The van der Waals surface area contributed by atoms with Gasteiger partial charge in [-0.2, -0.15) is 0 Å².